The zero-order chi connectivity index (χ0) is 10.4. The molecule has 1 atom stereocenters. The van der Waals surface area contributed by atoms with Crippen molar-refractivity contribution >= 4 is 5.70 Å². The van der Waals surface area contributed by atoms with Crippen LogP contribution < -0.4 is 10.6 Å². The minimum atomic E-state index is 0.377. The number of aryl methyl sites for hydroxylation is 2. The van der Waals surface area contributed by atoms with Gasteiger partial charge < -0.3 is 10.6 Å². The minimum absolute atomic E-state index is 0.377. The monoisotopic (exact) mass is 200 g/mol. The van der Waals surface area contributed by atoms with Gasteiger partial charge in [0.25, 0.3) is 0 Å². The predicted octanol–water partition coefficient (Wildman–Crippen LogP) is 2.15. The third-order valence-electron chi connectivity index (χ3n) is 3.23. The summed E-state index contributed by atoms with van der Waals surface area (Å²) in [5.41, 5.74) is 6.94. The first kappa shape index (κ1) is 8.84. The van der Waals surface area contributed by atoms with Gasteiger partial charge in [-0.25, -0.2) is 0 Å². The Bertz CT molecular complexity index is 446. The highest BCUT2D eigenvalue weighted by molar-refractivity contribution is 5.73. The SMILES string of the molecule is Cc1ccc2c(c1)CCC1=C2NC(C)N1. The number of allylic oxidation sites excluding steroid dienone is 1. The van der Waals surface area contributed by atoms with E-state index in [-0.39, 0.29) is 0 Å². The molecule has 0 radical (unpaired) electrons. The maximum atomic E-state index is 3.50. The Balaban J connectivity index is 2.10. The summed E-state index contributed by atoms with van der Waals surface area (Å²) in [5.74, 6) is 0. The highest BCUT2D eigenvalue weighted by atomic mass is 15.2. The Morgan fingerprint density at radius 1 is 1.20 bits per heavy atom. The van der Waals surface area contributed by atoms with E-state index in [2.05, 4.69) is 42.7 Å². The molecule has 3 rings (SSSR count). The summed E-state index contributed by atoms with van der Waals surface area (Å²) in [5, 5.41) is 6.98. The zero-order valence-corrected chi connectivity index (χ0v) is 9.22. The van der Waals surface area contributed by atoms with Crippen molar-refractivity contribution in [2.75, 3.05) is 0 Å². The highest BCUT2D eigenvalue weighted by Gasteiger charge is 2.25. The zero-order valence-electron chi connectivity index (χ0n) is 9.22. The van der Waals surface area contributed by atoms with Crippen LogP contribution in [-0.4, -0.2) is 6.17 Å². The van der Waals surface area contributed by atoms with Crippen molar-refractivity contribution in [3.63, 3.8) is 0 Å². The molecule has 1 aliphatic heterocycles. The molecule has 0 saturated heterocycles. The van der Waals surface area contributed by atoms with E-state index in [0.717, 1.165) is 12.8 Å². The molecule has 0 saturated carbocycles. The Morgan fingerprint density at radius 3 is 2.93 bits per heavy atom. The average molecular weight is 200 g/mol. The molecular weight excluding hydrogens is 184 g/mol. The molecule has 1 aromatic rings. The highest BCUT2D eigenvalue weighted by Crippen LogP contribution is 2.31. The molecule has 1 unspecified atom stereocenters. The quantitative estimate of drug-likeness (QED) is 0.670. The second-order valence-corrected chi connectivity index (χ2v) is 4.52. The van der Waals surface area contributed by atoms with E-state index in [9.17, 15) is 0 Å². The fourth-order valence-electron chi connectivity index (χ4n) is 2.54. The molecule has 1 aliphatic carbocycles. The summed E-state index contributed by atoms with van der Waals surface area (Å²) in [4.78, 5) is 0. The number of nitrogens with one attached hydrogen (secondary N) is 2. The molecule has 15 heavy (non-hydrogen) atoms. The van der Waals surface area contributed by atoms with E-state index in [1.807, 2.05) is 0 Å². The summed E-state index contributed by atoms with van der Waals surface area (Å²) < 4.78 is 0. The topological polar surface area (TPSA) is 24.1 Å². The molecule has 2 aliphatic rings. The number of benzene rings is 1. The van der Waals surface area contributed by atoms with E-state index >= 15 is 0 Å². The number of hydrogen-bond donors (Lipinski definition) is 2. The lowest BCUT2D eigenvalue weighted by molar-refractivity contribution is 0.607. The Hall–Kier alpha value is -1.44. The van der Waals surface area contributed by atoms with Crippen molar-refractivity contribution in [3.8, 4) is 0 Å². The van der Waals surface area contributed by atoms with Crippen LogP contribution in [0.3, 0.4) is 0 Å². The lowest BCUT2D eigenvalue weighted by Crippen LogP contribution is -2.28. The van der Waals surface area contributed by atoms with Crippen molar-refractivity contribution in [1.29, 1.82) is 0 Å². The molecule has 78 valence electrons. The molecule has 0 bridgehead atoms. The first-order valence-electron chi connectivity index (χ1n) is 5.60. The van der Waals surface area contributed by atoms with Gasteiger partial charge in [0.15, 0.2) is 0 Å². The van der Waals surface area contributed by atoms with Crippen LogP contribution in [-0.2, 0) is 6.42 Å². The van der Waals surface area contributed by atoms with E-state index in [1.165, 1.54) is 28.1 Å². The van der Waals surface area contributed by atoms with Gasteiger partial charge in [0, 0.05) is 11.3 Å². The van der Waals surface area contributed by atoms with Crippen LogP contribution in [0.15, 0.2) is 23.9 Å². The van der Waals surface area contributed by atoms with Crippen molar-refractivity contribution in [2.45, 2.75) is 32.9 Å². The van der Waals surface area contributed by atoms with E-state index in [1.54, 1.807) is 0 Å². The summed E-state index contributed by atoms with van der Waals surface area (Å²) in [6.45, 7) is 4.32. The minimum Gasteiger partial charge on any atom is -0.367 e. The van der Waals surface area contributed by atoms with Gasteiger partial charge >= 0.3 is 0 Å². The number of rotatable bonds is 0. The van der Waals surface area contributed by atoms with Crippen LogP contribution in [0.4, 0.5) is 0 Å². The molecule has 0 spiro atoms. The molecule has 1 aromatic carbocycles. The summed E-state index contributed by atoms with van der Waals surface area (Å²) in [6, 6.07) is 6.75. The molecule has 1 heterocycles. The summed E-state index contributed by atoms with van der Waals surface area (Å²) >= 11 is 0. The van der Waals surface area contributed by atoms with Gasteiger partial charge in [-0.3, -0.25) is 0 Å². The van der Waals surface area contributed by atoms with Crippen LogP contribution in [0, 0.1) is 6.92 Å². The van der Waals surface area contributed by atoms with Crippen molar-refractivity contribution in [2.24, 2.45) is 0 Å². The lowest BCUT2D eigenvalue weighted by Gasteiger charge is -2.18. The molecule has 2 nitrogen and oxygen atoms in total. The Morgan fingerprint density at radius 2 is 2.07 bits per heavy atom. The van der Waals surface area contributed by atoms with Gasteiger partial charge in [0.1, 0.15) is 0 Å². The summed E-state index contributed by atoms with van der Waals surface area (Å²) in [7, 11) is 0. The molecule has 2 heteroatoms. The normalized spacial score (nSPS) is 22.9. The maximum Gasteiger partial charge on any atom is 0.0933 e. The van der Waals surface area contributed by atoms with E-state index in [0.29, 0.717) is 6.17 Å². The third-order valence-corrected chi connectivity index (χ3v) is 3.23. The first-order valence-corrected chi connectivity index (χ1v) is 5.60. The Labute approximate surface area is 90.4 Å². The molecule has 2 N–H and O–H groups in total. The number of fused-ring (bicyclic) bond motifs is 2. The third kappa shape index (κ3) is 1.32. The van der Waals surface area contributed by atoms with Gasteiger partial charge in [0.05, 0.1) is 11.9 Å². The fraction of sp³-hybridized carbons (Fsp3) is 0.385. The number of hydrogen-bond acceptors (Lipinski definition) is 2. The van der Waals surface area contributed by atoms with Gasteiger partial charge in [-0.1, -0.05) is 23.8 Å². The standard InChI is InChI=1S/C13H16N2/c1-8-3-5-11-10(7-8)4-6-12-13(11)15-9(2)14-12/h3,5,7,9,14-15H,4,6H2,1-2H3. The van der Waals surface area contributed by atoms with Crippen LogP contribution in [0.25, 0.3) is 5.70 Å². The van der Waals surface area contributed by atoms with Gasteiger partial charge in [-0.2, -0.15) is 0 Å². The second kappa shape index (κ2) is 3.02. The summed E-state index contributed by atoms with van der Waals surface area (Å²) in [6.07, 6.45) is 2.68. The predicted molar refractivity (Wildman–Crippen MR) is 62.2 cm³/mol. The molecule has 0 aromatic heterocycles. The van der Waals surface area contributed by atoms with Crippen molar-refractivity contribution in [3.05, 3.63) is 40.6 Å². The molecule has 0 fully saturated rings. The van der Waals surface area contributed by atoms with Gasteiger partial charge in [-0.15, -0.1) is 0 Å². The van der Waals surface area contributed by atoms with Crippen LogP contribution in [0.5, 0.6) is 0 Å². The van der Waals surface area contributed by atoms with Crippen LogP contribution in [0.1, 0.15) is 30.0 Å². The first-order chi connectivity index (χ1) is 7.24. The van der Waals surface area contributed by atoms with Crippen molar-refractivity contribution < 1.29 is 0 Å². The van der Waals surface area contributed by atoms with Crippen molar-refractivity contribution in [1.82, 2.24) is 10.6 Å². The lowest BCUT2D eigenvalue weighted by atomic mass is 9.92. The van der Waals surface area contributed by atoms with Crippen LogP contribution >= 0.6 is 0 Å². The van der Waals surface area contributed by atoms with Crippen LogP contribution in [0.2, 0.25) is 0 Å². The smallest absolute Gasteiger partial charge is 0.0933 e. The maximum absolute atomic E-state index is 3.50. The molecular formula is C13H16N2. The average Bonchev–Trinajstić information content (AvgIpc) is 2.58. The largest absolute Gasteiger partial charge is 0.367 e. The second-order valence-electron chi connectivity index (χ2n) is 4.52. The fourth-order valence-corrected chi connectivity index (χ4v) is 2.54. The van der Waals surface area contributed by atoms with E-state index in [4.69, 9.17) is 0 Å². The van der Waals surface area contributed by atoms with Gasteiger partial charge in [0.2, 0.25) is 0 Å². The molecule has 0 amide bonds. The van der Waals surface area contributed by atoms with E-state index < -0.39 is 0 Å². The van der Waals surface area contributed by atoms with Gasteiger partial charge in [-0.05, 0) is 32.3 Å². The Kier molecular flexibility index (Phi) is 1.78.